The van der Waals surface area contributed by atoms with E-state index in [0.717, 1.165) is 17.8 Å². The first-order chi connectivity index (χ1) is 7.15. The zero-order valence-corrected chi connectivity index (χ0v) is 9.51. The molecule has 15 heavy (non-hydrogen) atoms. The van der Waals surface area contributed by atoms with Crippen LogP contribution in [0.15, 0.2) is 29.1 Å². The maximum atomic E-state index is 11.7. The van der Waals surface area contributed by atoms with Crippen molar-refractivity contribution in [3.05, 3.63) is 45.2 Å². The molecule has 0 amide bonds. The molecular formula is C12H12ClNO. The quantitative estimate of drug-likeness (QED) is 0.726. The molecule has 0 N–H and O–H groups in total. The topological polar surface area (TPSA) is 22.0 Å². The highest BCUT2D eigenvalue weighted by Crippen LogP contribution is 2.22. The lowest BCUT2D eigenvalue weighted by Gasteiger charge is -2.13. The van der Waals surface area contributed by atoms with Gasteiger partial charge in [-0.05, 0) is 26.0 Å². The highest BCUT2D eigenvalue weighted by molar-refractivity contribution is 6.35. The number of aryl methyl sites for hydroxylation is 2. The second kappa shape index (κ2) is 3.70. The highest BCUT2D eigenvalue weighted by Gasteiger charge is 2.07. The van der Waals surface area contributed by atoms with E-state index < -0.39 is 0 Å². The van der Waals surface area contributed by atoms with Crippen LogP contribution >= 0.6 is 11.6 Å². The summed E-state index contributed by atoms with van der Waals surface area (Å²) in [4.78, 5) is 11.7. The Balaban J connectivity index is 3.05. The van der Waals surface area contributed by atoms with Crippen molar-refractivity contribution in [2.75, 3.05) is 0 Å². The molecule has 0 aliphatic carbocycles. The van der Waals surface area contributed by atoms with E-state index in [1.165, 1.54) is 0 Å². The maximum Gasteiger partial charge on any atom is 0.189 e. The average molecular weight is 222 g/mol. The molecule has 0 radical (unpaired) electrons. The van der Waals surface area contributed by atoms with Crippen LogP contribution in [0.1, 0.15) is 12.6 Å². The molecule has 2 aromatic rings. The van der Waals surface area contributed by atoms with E-state index in [1.54, 1.807) is 12.1 Å². The predicted octanol–water partition coefficient (Wildman–Crippen LogP) is 2.98. The number of aromatic nitrogens is 1. The van der Waals surface area contributed by atoms with Crippen LogP contribution < -0.4 is 5.43 Å². The molecule has 78 valence electrons. The zero-order valence-electron chi connectivity index (χ0n) is 8.75. The standard InChI is InChI=1S/C12H12ClNO/c1-3-14-8(2)7-11(15)9-5-4-6-10(13)12(9)14/h4-7H,3H2,1-2H3. The number of para-hydroxylation sites is 1. The summed E-state index contributed by atoms with van der Waals surface area (Å²) in [7, 11) is 0. The Bertz CT molecular complexity index is 572. The van der Waals surface area contributed by atoms with Crippen molar-refractivity contribution in [1.82, 2.24) is 4.57 Å². The SMILES string of the molecule is CCn1c(C)cc(=O)c2cccc(Cl)c21. The molecule has 0 bridgehead atoms. The number of nitrogens with zero attached hydrogens (tertiary/aromatic N) is 1. The fourth-order valence-corrected chi connectivity index (χ4v) is 2.19. The van der Waals surface area contributed by atoms with E-state index in [1.807, 2.05) is 26.0 Å². The lowest BCUT2D eigenvalue weighted by atomic mass is 10.2. The molecule has 0 saturated carbocycles. The van der Waals surface area contributed by atoms with E-state index in [9.17, 15) is 4.79 Å². The van der Waals surface area contributed by atoms with Crippen LogP contribution in [-0.2, 0) is 6.54 Å². The third-order valence-corrected chi connectivity index (χ3v) is 2.91. The van der Waals surface area contributed by atoms with E-state index in [2.05, 4.69) is 4.57 Å². The summed E-state index contributed by atoms with van der Waals surface area (Å²) in [5.41, 5.74) is 1.82. The van der Waals surface area contributed by atoms with Gasteiger partial charge >= 0.3 is 0 Å². The fourth-order valence-electron chi connectivity index (χ4n) is 1.92. The maximum absolute atomic E-state index is 11.7. The van der Waals surface area contributed by atoms with Crippen molar-refractivity contribution in [2.45, 2.75) is 20.4 Å². The molecule has 0 saturated heterocycles. The highest BCUT2D eigenvalue weighted by atomic mass is 35.5. The normalized spacial score (nSPS) is 10.9. The number of rotatable bonds is 1. The minimum absolute atomic E-state index is 0.0368. The Labute approximate surface area is 93.1 Å². The van der Waals surface area contributed by atoms with Gasteiger partial charge in [0.2, 0.25) is 0 Å². The third kappa shape index (κ3) is 1.55. The van der Waals surface area contributed by atoms with Crippen molar-refractivity contribution >= 4 is 22.5 Å². The lowest BCUT2D eigenvalue weighted by Crippen LogP contribution is -2.11. The van der Waals surface area contributed by atoms with Gasteiger partial charge in [-0.15, -0.1) is 0 Å². The van der Waals surface area contributed by atoms with Crippen LogP contribution in [0.2, 0.25) is 5.02 Å². The van der Waals surface area contributed by atoms with Gasteiger partial charge in [0.25, 0.3) is 0 Å². The summed E-state index contributed by atoms with van der Waals surface area (Å²) in [5.74, 6) is 0. The Morgan fingerprint density at radius 3 is 2.80 bits per heavy atom. The molecule has 2 rings (SSSR count). The molecule has 0 atom stereocenters. The Morgan fingerprint density at radius 1 is 1.40 bits per heavy atom. The number of pyridine rings is 1. The van der Waals surface area contributed by atoms with E-state index >= 15 is 0 Å². The smallest absolute Gasteiger partial charge is 0.189 e. The molecule has 3 heteroatoms. The molecule has 0 unspecified atom stereocenters. The number of hydrogen-bond acceptors (Lipinski definition) is 1. The molecule has 1 aromatic carbocycles. The van der Waals surface area contributed by atoms with E-state index in [0.29, 0.717) is 10.4 Å². The van der Waals surface area contributed by atoms with E-state index in [4.69, 9.17) is 11.6 Å². The van der Waals surface area contributed by atoms with Gasteiger partial charge in [-0.1, -0.05) is 17.7 Å². The molecular weight excluding hydrogens is 210 g/mol. The first-order valence-corrected chi connectivity index (χ1v) is 5.31. The van der Waals surface area contributed by atoms with Crippen molar-refractivity contribution in [3.63, 3.8) is 0 Å². The first-order valence-electron chi connectivity index (χ1n) is 4.94. The number of hydrogen-bond donors (Lipinski definition) is 0. The summed E-state index contributed by atoms with van der Waals surface area (Å²) >= 11 is 6.13. The van der Waals surface area contributed by atoms with Gasteiger partial charge in [-0.2, -0.15) is 0 Å². The lowest BCUT2D eigenvalue weighted by molar-refractivity contribution is 0.758. The summed E-state index contributed by atoms with van der Waals surface area (Å²) in [6, 6.07) is 7.09. The summed E-state index contributed by atoms with van der Waals surface area (Å²) in [5, 5.41) is 1.32. The molecule has 0 spiro atoms. The van der Waals surface area contributed by atoms with Crippen LogP contribution in [-0.4, -0.2) is 4.57 Å². The van der Waals surface area contributed by atoms with Crippen LogP contribution in [0.4, 0.5) is 0 Å². The van der Waals surface area contributed by atoms with Gasteiger partial charge in [-0.25, -0.2) is 0 Å². The molecule has 1 heterocycles. The number of fused-ring (bicyclic) bond motifs is 1. The van der Waals surface area contributed by atoms with E-state index in [-0.39, 0.29) is 5.43 Å². The van der Waals surface area contributed by atoms with Crippen LogP contribution in [0.5, 0.6) is 0 Å². The molecule has 0 aliphatic heterocycles. The number of halogens is 1. The van der Waals surface area contributed by atoms with Crippen molar-refractivity contribution < 1.29 is 0 Å². The zero-order chi connectivity index (χ0) is 11.0. The van der Waals surface area contributed by atoms with Crippen molar-refractivity contribution in [1.29, 1.82) is 0 Å². The minimum Gasteiger partial charge on any atom is -0.344 e. The van der Waals surface area contributed by atoms with Gasteiger partial charge < -0.3 is 4.57 Å². The van der Waals surface area contributed by atoms with Crippen LogP contribution in [0.25, 0.3) is 10.9 Å². The Hall–Kier alpha value is -1.28. The van der Waals surface area contributed by atoms with Gasteiger partial charge in [0.05, 0.1) is 10.5 Å². The Kier molecular flexibility index (Phi) is 2.53. The molecule has 2 nitrogen and oxygen atoms in total. The fraction of sp³-hybridized carbons (Fsp3) is 0.250. The minimum atomic E-state index is 0.0368. The molecule has 0 aliphatic rings. The van der Waals surface area contributed by atoms with Crippen molar-refractivity contribution in [2.24, 2.45) is 0 Å². The van der Waals surface area contributed by atoms with Gasteiger partial charge in [0.15, 0.2) is 5.43 Å². The third-order valence-electron chi connectivity index (χ3n) is 2.60. The summed E-state index contributed by atoms with van der Waals surface area (Å²) in [6.07, 6.45) is 0. The van der Waals surface area contributed by atoms with Crippen LogP contribution in [0.3, 0.4) is 0 Å². The Morgan fingerprint density at radius 2 is 2.13 bits per heavy atom. The first kappa shape index (κ1) is 10.2. The second-order valence-electron chi connectivity index (χ2n) is 3.53. The molecule has 0 fully saturated rings. The number of benzene rings is 1. The van der Waals surface area contributed by atoms with Crippen molar-refractivity contribution in [3.8, 4) is 0 Å². The summed E-state index contributed by atoms with van der Waals surface area (Å²) < 4.78 is 2.05. The molecule has 1 aromatic heterocycles. The monoisotopic (exact) mass is 221 g/mol. The van der Waals surface area contributed by atoms with Gasteiger partial charge in [0, 0.05) is 23.7 Å². The largest absolute Gasteiger partial charge is 0.344 e. The van der Waals surface area contributed by atoms with Crippen LogP contribution in [0, 0.1) is 6.92 Å². The predicted molar refractivity (Wildman–Crippen MR) is 63.6 cm³/mol. The van der Waals surface area contributed by atoms with Gasteiger partial charge in [0.1, 0.15) is 0 Å². The second-order valence-corrected chi connectivity index (χ2v) is 3.94. The van der Waals surface area contributed by atoms with Gasteiger partial charge in [-0.3, -0.25) is 4.79 Å². The average Bonchev–Trinajstić information content (AvgIpc) is 2.20. The summed E-state index contributed by atoms with van der Waals surface area (Å²) in [6.45, 7) is 4.78.